The van der Waals surface area contributed by atoms with Gasteiger partial charge in [0.2, 0.25) is 0 Å². The van der Waals surface area contributed by atoms with Gasteiger partial charge in [0.25, 0.3) is 5.91 Å². The number of hydrogen-bond acceptors (Lipinski definition) is 6. The van der Waals surface area contributed by atoms with E-state index in [9.17, 15) is 9.90 Å². The van der Waals surface area contributed by atoms with Crippen molar-refractivity contribution in [1.29, 1.82) is 0 Å². The summed E-state index contributed by atoms with van der Waals surface area (Å²) in [7, 11) is 5.06. The van der Waals surface area contributed by atoms with E-state index in [4.69, 9.17) is 21.1 Å². The Labute approximate surface area is 227 Å². The highest BCUT2D eigenvalue weighted by Crippen LogP contribution is 2.38. The number of aromatic hydroxyl groups is 1. The molecule has 0 bridgehead atoms. The fourth-order valence-electron chi connectivity index (χ4n) is 4.24. The summed E-state index contributed by atoms with van der Waals surface area (Å²) in [5.41, 5.74) is 2.26. The summed E-state index contributed by atoms with van der Waals surface area (Å²) in [5.74, 6) is 1.32. The zero-order chi connectivity index (χ0) is 26.6. The average Bonchev–Trinajstić information content (AvgIpc) is 3.10. The van der Waals surface area contributed by atoms with Crippen LogP contribution in [0.15, 0.2) is 46.7 Å². The molecule has 0 spiro atoms. The number of hydrogen-bond donors (Lipinski definition) is 1. The number of carbonyl (C=O) groups is 1. The molecule has 36 heavy (non-hydrogen) atoms. The van der Waals surface area contributed by atoms with Gasteiger partial charge in [-0.1, -0.05) is 41.4 Å². The third kappa shape index (κ3) is 6.21. The number of ether oxygens (including phenoxy) is 2. The van der Waals surface area contributed by atoms with Crippen LogP contribution in [0, 0.1) is 5.92 Å². The highest BCUT2D eigenvalue weighted by molar-refractivity contribution is 9.10. The van der Waals surface area contributed by atoms with E-state index in [1.165, 1.54) is 14.2 Å². The predicted octanol–water partition coefficient (Wildman–Crippen LogP) is 5.95. The van der Waals surface area contributed by atoms with Crippen LogP contribution in [0.25, 0.3) is 0 Å². The molecule has 0 aliphatic carbocycles. The molecule has 9 heteroatoms. The number of allylic oxidation sites excluding steroid dienone is 1. The maximum absolute atomic E-state index is 13.8. The van der Waals surface area contributed by atoms with Gasteiger partial charge in [-0.15, -0.1) is 0 Å². The summed E-state index contributed by atoms with van der Waals surface area (Å²) < 4.78 is 11.7. The number of nitrogens with zero attached hydrogens (tertiary/aromatic N) is 3. The Morgan fingerprint density at radius 2 is 1.94 bits per heavy atom. The molecule has 0 fully saturated rings. The first-order valence-corrected chi connectivity index (χ1v) is 13.1. The number of phenols is 1. The van der Waals surface area contributed by atoms with Crippen molar-refractivity contribution in [3.63, 3.8) is 0 Å². The van der Waals surface area contributed by atoms with Crippen LogP contribution >= 0.6 is 27.5 Å². The molecule has 1 aliphatic heterocycles. The van der Waals surface area contributed by atoms with E-state index in [0.29, 0.717) is 42.6 Å². The number of methoxy groups -OCH3 is 2. The van der Waals surface area contributed by atoms with E-state index < -0.39 is 0 Å². The molecule has 7 nitrogen and oxygen atoms in total. The highest BCUT2D eigenvalue weighted by Gasteiger charge is 2.32. The largest absolute Gasteiger partial charge is 0.508 e. The monoisotopic (exact) mass is 579 g/mol. The number of rotatable bonds is 10. The second-order valence-corrected chi connectivity index (χ2v) is 10.7. The van der Waals surface area contributed by atoms with Crippen LogP contribution in [0.3, 0.4) is 0 Å². The van der Waals surface area contributed by atoms with Gasteiger partial charge in [-0.2, -0.15) is 0 Å². The van der Waals surface area contributed by atoms with E-state index in [1.54, 1.807) is 18.2 Å². The Bertz CT molecular complexity index is 1120. The lowest BCUT2D eigenvalue weighted by atomic mass is 10.1. The molecule has 0 saturated carbocycles. The fraction of sp³-hybridized carbons (Fsp3) is 0.444. The standard InChI is InChI=1S/C27H35BrClN3O4/c1-17(2)11-12-31(27(34)21-8-10-23(35-5)26(36-6)25(21)29)16-24-30(4)18(3)14-32(24)15-19-13-20(28)7-9-22(19)33/h7-10,13-14,17,24,33H,11-12,15-16H2,1-6H3. The minimum atomic E-state index is -0.162. The second-order valence-electron chi connectivity index (χ2n) is 9.40. The maximum Gasteiger partial charge on any atom is 0.255 e. The van der Waals surface area contributed by atoms with Crippen LogP contribution in [-0.2, 0) is 6.54 Å². The van der Waals surface area contributed by atoms with E-state index in [2.05, 4.69) is 45.8 Å². The van der Waals surface area contributed by atoms with Gasteiger partial charge < -0.3 is 29.3 Å². The lowest BCUT2D eigenvalue weighted by molar-refractivity contribution is 0.0600. The summed E-state index contributed by atoms with van der Waals surface area (Å²) in [6.45, 7) is 7.86. The number of likely N-dealkylation sites (N-methyl/N-ethyl adjacent to an activating group) is 1. The Kier molecular flexibility index (Phi) is 9.41. The first-order chi connectivity index (χ1) is 17.1. The SMILES string of the molecule is COc1ccc(C(=O)N(CCC(C)C)CC2N(Cc3cc(Br)ccc3O)C=C(C)N2C)c(Cl)c1OC. The third-order valence-electron chi connectivity index (χ3n) is 6.50. The summed E-state index contributed by atoms with van der Waals surface area (Å²) in [5, 5.41) is 10.7. The number of amides is 1. The molecule has 1 amide bonds. The lowest BCUT2D eigenvalue weighted by Gasteiger charge is -2.36. The minimum Gasteiger partial charge on any atom is -0.508 e. The van der Waals surface area contributed by atoms with Crippen LogP contribution < -0.4 is 9.47 Å². The highest BCUT2D eigenvalue weighted by atomic mass is 79.9. The van der Waals surface area contributed by atoms with Crippen molar-refractivity contribution in [1.82, 2.24) is 14.7 Å². The smallest absolute Gasteiger partial charge is 0.255 e. The maximum atomic E-state index is 13.8. The molecule has 2 aromatic carbocycles. The van der Waals surface area contributed by atoms with E-state index in [0.717, 1.165) is 22.2 Å². The van der Waals surface area contributed by atoms with Crippen LogP contribution in [0.4, 0.5) is 0 Å². The van der Waals surface area contributed by atoms with Crippen LogP contribution in [0.1, 0.15) is 43.1 Å². The third-order valence-corrected chi connectivity index (χ3v) is 7.36. The molecular formula is C27H35BrClN3O4. The molecule has 1 N–H and O–H groups in total. The van der Waals surface area contributed by atoms with Crippen molar-refractivity contribution in [2.24, 2.45) is 5.92 Å². The van der Waals surface area contributed by atoms with Crippen molar-refractivity contribution in [2.45, 2.75) is 39.9 Å². The van der Waals surface area contributed by atoms with E-state index in [1.807, 2.05) is 31.0 Å². The van der Waals surface area contributed by atoms with Gasteiger partial charge >= 0.3 is 0 Å². The number of halogens is 2. The zero-order valence-corrected chi connectivity index (χ0v) is 24.1. The molecule has 1 unspecified atom stereocenters. The number of carbonyl (C=O) groups excluding carboxylic acids is 1. The Balaban J connectivity index is 1.92. The molecule has 3 rings (SSSR count). The van der Waals surface area contributed by atoms with Crippen LogP contribution in [0.5, 0.6) is 17.2 Å². The van der Waals surface area contributed by atoms with Gasteiger partial charge in [-0.05, 0) is 49.6 Å². The van der Waals surface area contributed by atoms with Crippen LogP contribution in [-0.4, -0.2) is 66.2 Å². The van der Waals surface area contributed by atoms with Crippen molar-refractivity contribution >= 4 is 33.4 Å². The molecule has 1 heterocycles. The Morgan fingerprint density at radius 3 is 2.58 bits per heavy atom. The van der Waals surface area contributed by atoms with Gasteiger partial charge in [0.15, 0.2) is 11.5 Å². The predicted molar refractivity (Wildman–Crippen MR) is 147 cm³/mol. The topological polar surface area (TPSA) is 65.5 Å². The van der Waals surface area contributed by atoms with Gasteiger partial charge in [0.1, 0.15) is 11.9 Å². The minimum absolute atomic E-state index is 0.113. The first-order valence-electron chi connectivity index (χ1n) is 11.9. The van der Waals surface area contributed by atoms with E-state index in [-0.39, 0.29) is 22.8 Å². The van der Waals surface area contributed by atoms with Crippen molar-refractivity contribution in [3.05, 3.63) is 62.9 Å². The normalized spacial score (nSPS) is 15.4. The Morgan fingerprint density at radius 1 is 1.22 bits per heavy atom. The number of benzene rings is 2. The summed E-state index contributed by atoms with van der Waals surface area (Å²) >= 11 is 10.1. The van der Waals surface area contributed by atoms with E-state index >= 15 is 0 Å². The molecule has 196 valence electrons. The summed E-state index contributed by atoms with van der Waals surface area (Å²) in [6.07, 6.45) is 2.81. The fourth-order valence-corrected chi connectivity index (χ4v) is 4.96. The van der Waals surface area contributed by atoms with Gasteiger partial charge in [-0.3, -0.25) is 4.79 Å². The molecule has 0 aromatic heterocycles. The summed E-state index contributed by atoms with van der Waals surface area (Å²) in [4.78, 5) is 20.0. The quantitative estimate of drug-likeness (QED) is 0.375. The second kappa shape index (κ2) is 12.1. The zero-order valence-electron chi connectivity index (χ0n) is 21.7. The molecule has 1 aliphatic rings. The molecule has 0 saturated heterocycles. The van der Waals surface area contributed by atoms with Crippen LogP contribution in [0.2, 0.25) is 5.02 Å². The van der Waals surface area contributed by atoms with Gasteiger partial charge in [0.05, 0.1) is 31.4 Å². The average molecular weight is 581 g/mol. The molecular weight excluding hydrogens is 546 g/mol. The van der Waals surface area contributed by atoms with Gasteiger partial charge in [0, 0.05) is 42.1 Å². The Hall–Kier alpha value is -2.58. The molecule has 0 radical (unpaired) electrons. The first kappa shape index (κ1) is 28.0. The van der Waals surface area contributed by atoms with Crippen molar-refractivity contribution in [3.8, 4) is 17.2 Å². The summed E-state index contributed by atoms with van der Waals surface area (Å²) in [6, 6.07) is 8.80. The molecule has 2 aromatic rings. The van der Waals surface area contributed by atoms with Gasteiger partial charge in [-0.25, -0.2) is 0 Å². The number of phenolic OH excluding ortho intramolecular Hbond substituents is 1. The lowest BCUT2D eigenvalue weighted by Crippen LogP contribution is -2.48. The van der Waals surface area contributed by atoms with Crippen molar-refractivity contribution < 1.29 is 19.4 Å². The molecule has 1 atom stereocenters. The van der Waals surface area contributed by atoms with Crippen molar-refractivity contribution in [2.75, 3.05) is 34.4 Å².